The van der Waals surface area contributed by atoms with Crippen molar-refractivity contribution in [3.8, 4) is 11.5 Å². The van der Waals surface area contributed by atoms with Gasteiger partial charge in [-0.25, -0.2) is 14.4 Å². The molecule has 1 fully saturated rings. The monoisotopic (exact) mass is 397 g/mol. The van der Waals surface area contributed by atoms with Crippen LogP contribution >= 0.6 is 0 Å². The highest BCUT2D eigenvalue weighted by Gasteiger charge is 2.19. The number of ether oxygens (including phenoxy) is 3. The predicted octanol–water partition coefficient (Wildman–Crippen LogP) is 4.51. The second kappa shape index (κ2) is 8.61. The predicted molar refractivity (Wildman–Crippen MR) is 109 cm³/mol. The highest BCUT2D eigenvalue weighted by atomic mass is 19.1. The van der Waals surface area contributed by atoms with Gasteiger partial charge in [0.1, 0.15) is 24.1 Å². The van der Waals surface area contributed by atoms with Crippen molar-refractivity contribution >= 4 is 16.7 Å². The fourth-order valence-electron chi connectivity index (χ4n) is 3.47. The van der Waals surface area contributed by atoms with Crippen LogP contribution in [0.4, 0.5) is 10.2 Å². The number of hydrogen-bond acceptors (Lipinski definition) is 6. The molecule has 3 aromatic rings. The number of halogens is 1. The van der Waals surface area contributed by atoms with E-state index in [1.54, 1.807) is 13.2 Å². The van der Waals surface area contributed by atoms with Gasteiger partial charge in [0.05, 0.1) is 31.9 Å². The van der Waals surface area contributed by atoms with E-state index < -0.39 is 0 Å². The van der Waals surface area contributed by atoms with Gasteiger partial charge in [-0.3, -0.25) is 0 Å². The van der Waals surface area contributed by atoms with E-state index in [2.05, 4.69) is 15.3 Å². The third kappa shape index (κ3) is 4.40. The summed E-state index contributed by atoms with van der Waals surface area (Å²) in [5.41, 5.74) is 1.58. The number of aromatic nitrogens is 2. The average molecular weight is 397 g/mol. The third-order valence-corrected chi connectivity index (χ3v) is 5.08. The zero-order chi connectivity index (χ0) is 20.2. The summed E-state index contributed by atoms with van der Waals surface area (Å²) in [4.78, 5) is 8.77. The lowest BCUT2D eigenvalue weighted by Gasteiger charge is -2.24. The molecular formula is C22H24FN3O3. The summed E-state index contributed by atoms with van der Waals surface area (Å²) >= 11 is 0. The Hall–Kier alpha value is -2.93. The molecule has 0 aliphatic carbocycles. The first-order valence-corrected chi connectivity index (χ1v) is 9.73. The van der Waals surface area contributed by atoms with Gasteiger partial charge in [-0.1, -0.05) is 12.1 Å². The molecule has 0 radical (unpaired) electrons. The summed E-state index contributed by atoms with van der Waals surface area (Å²) in [5.74, 6) is 1.68. The SMILES string of the molecule is COc1cc2ncnc(NC(C)c3cccc(F)c3)c2cc1OC1CCOCC1. The van der Waals surface area contributed by atoms with Gasteiger partial charge in [-0.2, -0.15) is 0 Å². The van der Waals surface area contributed by atoms with E-state index in [4.69, 9.17) is 14.2 Å². The summed E-state index contributed by atoms with van der Waals surface area (Å²) in [5, 5.41) is 4.18. The maximum atomic E-state index is 13.6. The fourth-order valence-corrected chi connectivity index (χ4v) is 3.47. The summed E-state index contributed by atoms with van der Waals surface area (Å²) in [6.45, 7) is 3.36. The average Bonchev–Trinajstić information content (AvgIpc) is 2.74. The van der Waals surface area contributed by atoms with Crippen molar-refractivity contribution in [3.63, 3.8) is 0 Å². The Bertz CT molecular complexity index is 992. The summed E-state index contributed by atoms with van der Waals surface area (Å²) in [6, 6.07) is 10.2. The Morgan fingerprint density at radius 1 is 1.14 bits per heavy atom. The highest BCUT2D eigenvalue weighted by molar-refractivity contribution is 5.91. The molecule has 1 saturated heterocycles. The van der Waals surface area contributed by atoms with Crippen LogP contribution in [-0.2, 0) is 4.74 Å². The molecule has 4 rings (SSSR count). The standard InChI is InChI=1S/C22H24FN3O3/c1-14(15-4-3-5-16(23)10-15)26-22-18-11-21(29-17-6-8-28-9-7-17)20(27-2)12-19(18)24-13-25-22/h3-5,10-14,17H,6-9H2,1-2H3,(H,24,25,26). The van der Waals surface area contributed by atoms with E-state index in [-0.39, 0.29) is 18.0 Å². The molecule has 1 N–H and O–H groups in total. The molecule has 0 saturated carbocycles. The van der Waals surface area contributed by atoms with Gasteiger partial charge in [0.25, 0.3) is 0 Å². The van der Waals surface area contributed by atoms with E-state index in [9.17, 15) is 4.39 Å². The second-order valence-corrected chi connectivity index (χ2v) is 7.09. The van der Waals surface area contributed by atoms with Gasteiger partial charge in [-0.15, -0.1) is 0 Å². The quantitative estimate of drug-likeness (QED) is 0.660. The van der Waals surface area contributed by atoms with E-state index >= 15 is 0 Å². The lowest BCUT2D eigenvalue weighted by Crippen LogP contribution is -2.26. The number of fused-ring (bicyclic) bond motifs is 1. The van der Waals surface area contributed by atoms with Crippen LogP contribution in [0.2, 0.25) is 0 Å². The van der Waals surface area contributed by atoms with Crippen molar-refractivity contribution < 1.29 is 18.6 Å². The van der Waals surface area contributed by atoms with Crippen LogP contribution in [0.5, 0.6) is 11.5 Å². The zero-order valence-electron chi connectivity index (χ0n) is 16.5. The second-order valence-electron chi connectivity index (χ2n) is 7.09. The minimum Gasteiger partial charge on any atom is -0.493 e. The van der Waals surface area contributed by atoms with Gasteiger partial charge < -0.3 is 19.5 Å². The molecule has 152 valence electrons. The molecule has 0 spiro atoms. The molecule has 2 aromatic carbocycles. The van der Waals surface area contributed by atoms with Crippen LogP contribution in [0.25, 0.3) is 10.9 Å². The van der Waals surface area contributed by atoms with Crippen molar-refractivity contribution in [2.45, 2.75) is 31.9 Å². The summed E-state index contributed by atoms with van der Waals surface area (Å²) < 4.78 is 30.7. The maximum Gasteiger partial charge on any atom is 0.162 e. The first kappa shape index (κ1) is 19.4. The molecule has 6 nitrogen and oxygen atoms in total. The smallest absolute Gasteiger partial charge is 0.162 e. The van der Waals surface area contributed by atoms with Gasteiger partial charge in [0.2, 0.25) is 0 Å². The van der Waals surface area contributed by atoms with Gasteiger partial charge in [0, 0.05) is 24.3 Å². The van der Waals surface area contributed by atoms with Crippen LogP contribution in [0.3, 0.4) is 0 Å². The summed E-state index contributed by atoms with van der Waals surface area (Å²) in [6.07, 6.45) is 3.27. The number of anilines is 1. The summed E-state index contributed by atoms with van der Waals surface area (Å²) in [7, 11) is 1.62. The van der Waals surface area contributed by atoms with Crippen LogP contribution in [-0.4, -0.2) is 36.4 Å². The molecule has 0 amide bonds. The number of rotatable bonds is 6. The van der Waals surface area contributed by atoms with Gasteiger partial charge in [-0.05, 0) is 30.7 Å². The van der Waals surface area contributed by atoms with Crippen LogP contribution in [0, 0.1) is 5.82 Å². The zero-order valence-corrected chi connectivity index (χ0v) is 16.5. The molecular weight excluding hydrogens is 373 g/mol. The molecule has 0 bridgehead atoms. The molecule has 29 heavy (non-hydrogen) atoms. The van der Waals surface area contributed by atoms with E-state index in [1.165, 1.54) is 18.5 Å². The number of nitrogens with zero attached hydrogens (tertiary/aromatic N) is 2. The number of nitrogens with one attached hydrogen (secondary N) is 1. The minimum absolute atomic E-state index is 0.0855. The minimum atomic E-state index is -0.263. The van der Waals surface area contributed by atoms with Crippen molar-refractivity contribution in [2.75, 3.05) is 25.6 Å². The maximum absolute atomic E-state index is 13.6. The Balaban J connectivity index is 1.66. The molecule has 1 unspecified atom stereocenters. The number of hydrogen-bond donors (Lipinski definition) is 1. The van der Waals surface area contributed by atoms with Crippen molar-refractivity contribution in [3.05, 3.63) is 54.1 Å². The molecule has 7 heteroatoms. The number of benzene rings is 2. The lowest BCUT2D eigenvalue weighted by molar-refractivity contribution is 0.0246. The van der Waals surface area contributed by atoms with Gasteiger partial charge >= 0.3 is 0 Å². The molecule has 1 aliphatic heterocycles. The normalized spacial score (nSPS) is 15.8. The third-order valence-electron chi connectivity index (χ3n) is 5.08. The molecule has 1 aliphatic rings. The van der Waals surface area contributed by atoms with Crippen molar-refractivity contribution in [2.24, 2.45) is 0 Å². The van der Waals surface area contributed by atoms with E-state index in [1.807, 2.05) is 25.1 Å². The van der Waals surface area contributed by atoms with Crippen LogP contribution in [0.1, 0.15) is 31.4 Å². The van der Waals surface area contributed by atoms with Crippen LogP contribution < -0.4 is 14.8 Å². The first-order chi connectivity index (χ1) is 14.1. The van der Waals surface area contributed by atoms with Crippen molar-refractivity contribution in [1.82, 2.24) is 9.97 Å². The molecule has 2 heterocycles. The Kier molecular flexibility index (Phi) is 5.76. The lowest BCUT2D eigenvalue weighted by atomic mass is 10.1. The molecule has 1 aromatic heterocycles. The van der Waals surface area contributed by atoms with Crippen molar-refractivity contribution in [1.29, 1.82) is 0 Å². The van der Waals surface area contributed by atoms with E-state index in [0.717, 1.165) is 29.3 Å². The Labute approximate surface area is 169 Å². The fraction of sp³-hybridized carbons (Fsp3) is 0.364. The first-order valence-electron chi connectivity index (χ1n) is 9.73. The molecule has 1 atom stereocenters. The highest BCUT2D eigenvalue weighted by Crippen LogP contribution is 2.36. The van der Waals surface area contributed by atoms with Crippen LogP contribution in [0.15, 0.2) is 42.7 Å². The number of methoxy groups -OCH3 is 1. The largest absolute Gasteiger partial charge is 0.493 e. The van der Waals surface area contributed by atoms with Gasteiger partial charge in [0.15, 0.2) is 11.5 Å². The Morgan fingerprint density at radius 3 is 2.72 bits per heavy atom. The van der Waals surface area contributed by atoms with E-state index in [0.29, 0.717) is 30.5 Å². The topological polar surface area (TPSA) is 65.5 Å². The Morgan fingerprint density at radius 2 is 1.97 bits per heavy atom.